The first-order chi connectivity index (χ1) is 19.7. The number of carbonyl (C=O) groups is 2. The summed E-state index contributed by atoms with van der Waals surface area (Å²) in [6.07, 6.45) is 8.89. The molecule has 1 N–H and O–H groups in total. The molecule has 6 heteroatoms. The second-order valence-electron chi connectivity index (χ2n) is 13.4. The Balaban J connectivity index is 1.21. The van der Waals surface area contributed by atoms with Crippen molar-refractivity contribution in [1.29, 1.82) is 0 Å². The molecule has 6 unspecified atom stereocenters. The number of rotatable bonds is 6. The number of aliphatic hydroxyl groups excluding tert-OH is 1. The molecule has 1 aliphatic heterocycles. The van der Waals surface area contributed by atoms with E-state index in [9.17, 15) is 14.7 Å². The molecular formula is C35H40O5S. The van der Waals surface area contributed by atoms with Gasteiger partial charge in [0.15, 0.2) is 23.5 Å². The maximum absolute atomic E-state index is 14.5. The number of carbonyl (C=O) groups excluding carboxylic acids is 2. The molecule has 1 heterocycles. The first-order valence-corrected chi connectivity index (χ1v) is 16.3. The van der Waals surface area contributed by atoms with Gasteiger partial charge >= 0.3 is 0 Å². The number of fused-ring (bicyclic) bond motifs is 8. The fourth-order valence-electron chi connectivity index (χ4n) is 9.52. The fraction of sp³-hybridized carbons (Fsp3) is 0.543. The van der Waals surface area contributed by atoms with E-state index in [-0.39, 0.29) is 40.8 Å². The van der Waals surface area contributed by atoms with Gasteiger partial charge in [0.1, 0.15) is 0 Å². The van der Waals surface area contributed by atoms with Crippen LogP contribution in [-0.4, -0.2) is 46.5 Å². The van der Waals surface area contributed by atoms with Crippen molar-refractivity contribution in [3.05, 3.63) is 66.3 Å². The van der Waals surface area contributed by atoms with E-state index >= 15 is 0 Å². The molecule has 3 saturated carbocycles. The number of Topliss-reactive ketones (excluding diaryl/α,β-unsaturated/α-hetero) is 1. The summed E-state index contributed by atoms with van der Waals surface area (Å²) in [5.74, 6) is 0.860. The van der Waals surface area contributed by atoms with Crippen LogP contribution in [0.15, 0.2) is 71.2 Å². The van der Waals surface area contributed by atoms with Gasteiger partial charge < -0.3 is 14.6 Å². The van der Waals surface area contributed by atoms with Crippen LogP contribution in [0.2, 0.25) is 0 Å². The molecule has 216 valence electrons. The Kier molecular flexibility index (Phi) is 6.66. The smallest absolute Gasteiger partial charge is 0.178 e. The van der Waals surface area contributed by atoms with Gasteiger partial charge in [0.2, 0.25) is 0 Å². The summed E-state index contributed by atoms with van der Waals surface area (Å²) in [7, 11) is 0. The summed E-state index contributed by atoms with van der Waals surface area (Å²) in [5.41, 5.74) is -0.804. The lowest BCUT2D eigenvalue weighted by Gasteiger charge is -2.59. The van der Waals surface area contributed by atoms with Crippen molar-refractivity contribution >= 4 is 34.1 Å². The maximum atomic E-state index is 14.5. The quantitative estimate of drug-likeness (QED) is 0.390. The third kappa shape index (κ3) is 4.01. The zero-order valence-corrected chi connectivity index (χ0v) is 25.0. The molecule has 41 heavy (non-hydrogen) atoms. The summed E-state index contributed by atoms with van der Waals surface area (Å²) >= 11 is 1.57. The first kappa shape index (κ1) is 27.6. The summed E-state index contributed by atoms with van der Waals surface area (Å²) in [4.78, 5) is 27.8. The minimum atomic E-state index is -1.07. The molecule has 4 fully saturated rings. The van der Waals surface area contributed by atoms with Gasteiger partial charge in [0.05, 0.1) is 18.0 Å². The number of ether oxygens (including phenoxy) is 2. The Bertz CT molecular complexity index is 1460. The average Bonchev–Trinajstić information content (AvgIpc) is 3.44. The summed E-state index contributed by atoms with van der Waals surface area (Å²) in [6, 6.07) is 14.6. The molecule has 0 bridgehead atoms. The average molecular weight is 573 g/mol. The lowest BCUT2D eigenvalue weighted by atomic mass is 9.46. The Hall–Kier alpha value is -2.25. The Morgan fingerprint density at radius 2 is 1.95 bits per heavy atom. The highest BCUT2D eigenvalue weighted by molar-refractivity contribution is 8.00. The molecule has 7 rings (SSSR count). The zero-order chi connectivity index (χ0) is 28.6. The standard InChI is InChI=1S/C35H40O5S/c1-4-7-31-39-30-18-27-26-13-11-23-17-24(36)14-15-33(23,2)32(26)28(37)19-34(27,3)35(30,40-31)29(38)20-41-25-12-10-21-8-5-6-9-22(21)16-25/h5-6,8-10,12,14-17,26-28,30-32,37H,4,7,11,13,18-20H2,1-3H3/t26?,27?,28-,30+,31?,32?,33?,34?,35+/m0/s1. The minimum absolute atomic E-state index is 0.00863. The van der Waals surface area contributed by atoms with Crippen molar-refractivity contribution in [2.45, 2.75) is 88.3 Å². The monoisotopic (exact) mass is 572 g/mol. The molecule has 4 aliphatic carbocycles. The molecule has 5 nitrogen and oxygen atoms in total. The SMILES string of the molecule is CCCC1O[C@@H]2CC3C4CCC5=CC(=O)C=CC5(C)C4[C@@H](O)CC3(C)[C@]2(C(=O)CSc2ccc3ccccc3c2)O1. The molecular weight excluding hydrogens is 532 g/mol. The first-order valence-electron chi connectivity index (χ1n) is 15.3. The molecule has 1 saturated heterocycles. The van der Waals surface area contributed by atoms with Crippen LogP contribution >= 0.6 is 11.8 Å². The van der Waals surface area contributed by atoms with E-state index in [0.717, 1.165) is 48.0 Å². The molecule has 0 spiro atoms. The molecule has 0 radical (unpaired) electrons. The highest BCUT2D eigenvalue weighted by atomic mass is 32.2. The Morgan fingerprint density at radius 1 is 1.15 bits per heavy atom. The number of hydrogen-bond donors (Lipinski definition) is 1. The van der Waals surface area contributed by atoms with Crippen molar-refractivity contribution < 1.29 is 24.2 Å². The second kappa shape index (κ2) is 9.90. The van der Waals surface area contributed by atoms with E-state index in [1.807, 2.05) is 18.2 Å². The van der Waals surface area contributed by atoms with Gasteiger partial charge in [-0.15, -0.1) is 11.8 Å². The molecule has 0 amide bonds. The van der Waals surface area contributed by atoms with E-state index in [1.165, 1.54) is 5.39 Å². The second-order valence-corrected chi connectivity index (χ2v) is 14.4. The van der Waals surface area contributed by atoms with Gasteiger partial charge in [0, 0.05) is 21.6 Å². The van der Waals surface area contributed by atoms with Crippen LogP contribution in [0.25, 0.3) is 10.8 Å². The molecule has 0 aromatic heterocycles. The molecule has 2 aromatic carbocycles. The lowest BCUT2D eigenvalue weighted by molar-refractivity contribution is -0.197. The van der Waals surface area contributed by atoms with Crippen LogP contribution in [0.3, 0.4) is 0 Å². The molecule has 2 aromatic rings. The zero-order valence-electron chi connectivity index (χ0n) is 24.2. The third-order valence-electron chi connectivity index (χ3n) is 11.3. The van der Waals surface area contributed by atoms with E-state index in [1.54, 1.807) is 23.9 Å². The predicted molar refractivity (Wildman–Crippen MR) is 160 cm³/mol. The van der Waals surface area contributed by atoms with E-state index in [4.69, 9.17) is 9.47 Å². The summed E-state index contributed by atoms with van der Waals surface area (Å²) < 4.78 is 13.4. The Morgan fingerprint density at radius 3 is 2.76 bits per heavy atom. The van der Waals surface area contributed by atoms with Crippen LogP contribution in [0.1, 0.15) is 59.3 Å². The number of aliphatic hydroxyl groups is 1. The van der Waals surface area contributed by atoms with E-state index in [0.29, 0.717) is 12.2 Å². The van der Waals surface area contributed by atoms with Gasteiger partial charge in [-0.2, -0.15) is 0 Å². The number of hydrogen-bond acceptors (Lipinski definition) is 6. The van der Waals surface area contributed by atoms with Crippen molar-refractivity contribution in [2.24, 2.45) is 28.6 Å². The van der Waals surface area contributed by atoms with Crippen molar-refractivity contribution in [3.8, 4) is 0 Å². The predicted octanol–water partition coefficient (Wildman–Crippen LogP) is 6.67. The van der Waals surface area contributed by atoms with Gasteiger partial charge in [-0.1, -0.05) is 69.2 Å². The fourth-order valence-corrected chi connectivity index (χ4v) is 10.4. The molecule has 5 aliphatic rings. The highest BCUT2D eigenvalue weighted by Crippen LogP contribution is 2.69. The van der Waals surface area contributed by atoms with E-state index in [2.05, 4.69) is 51.1 Å². The van der Waals surface area contributed by atoms with Crippen LogP contribution in [0.5, 0.6) is 0 Å². The van der Waals surface area contributed by atoms with Gasteiger partial charge in [-0.25, -0.2) is 0 Å². The van der Waals surface area contributed by atoms with E-state index < -0.39 is 23.4 Å². The van der Waals surface area contributed by atoms with Crippen molar-refractivity contribution in [3.63, 3.8) is 0 Å². The van der Waals surface area contributed by atoms with Crippen LogP contribution in [0, 0.1) is 28.6 Å². The van der Waals surface area contributed by atoms with Crippen LogP contribution in [-0.2, 0) is 19.1 Å². The minimum Gasteiger partial charge on any atom is -0.393 e. The topological polar surface area (TPSA) is 72.8 Å². The van der Waals surface area contributed by atoms with Crippen molar-refractivity contribution in [1.82, 2.24) is 0 Å². The number of thioether (sulfide) groups is 1. The summed E-state index contributed by atoms with van der Waals surface area (Å²) in [6.45, 7) is 6.49. The molecule has 9 atom stereocenters. The largest absolute Gasteiger partial charge is 0.393 e. The number of benzene rings is 2. The Labute approximate surface area is 246 Å². The van der Waals surface area contributed by atoms with Crippen LogP contribution < -0.4 is 0 Å². The lowest BCUT2D eigenvalue weighted by Crippen LogP contribution is -2.63. The van der Waals surface area contributed by atoms with Gasteiger partial charge in [-0.05, 0) is 79.0 Å². The van der Waals surface area contributed by atoms with Crippen LogP contribution in [0.4, 0.5) is 0 Å². The van der Waals surface area contributed by atoms with Gasteiger partial charge in [-0.3, -0.25) is 9.59 Å². The van der Waals surface area contributed by atoms with Crippen molar-refractivity contribution in [2.75, 3.05) is 5.75 Å². The normalized spacial score (nSPS) is 41.0. The third-order valence-corrected chi connectivity index (χ3v) is 12.3. The maximum Gasteiger partial charge on any atom is 0.178 e. The number of ketones is 2. The van der Waals surface area contributed by atoms with Gasteiger partial charge in [0.25, 0.3) is 0 Å². The number of allylic oxidation sites excluding steroid dienone is 4. The summed E-state index contributed by atoms with van der Waals surface area (Å²) in [5, 5.41) is 14.3. The highest BCUT2D eigenvalue weighted by Gasteiger charge is 2.75.